The van der Waals surface area contributed by atoms with Crippen molar-refractivity contribution in [3.8, 4) is 0 Å². The highest BCUT2D eigenvalue weighted by Gasteiger charge is 1.96. The maximum atomic E-state index is 8.58. The molecule has 0 amide bonds. The van der Waals surface area contributed by atoms with Gasteiger partial charge in [0.2, 0.25) is 0 Å². The van der Waals surface area contributed by atoms with Crippen molar-refractivity contribution in [2.24, 2.45) is 10.7 Å². The van der Waals surface area contributed by atoms with Crippen LogP contribution in [-0.4, -0.2) is 24.2 Å². The largest absolute Gasteiger partial charge is 0.394 e. The van der Waals surface area contributed by atoms with Crippen molar-refractivity contribution < 1.29 is 5.11 Å². The molecule has 1 aromatic carbocycles. The van der Waals surface area contributed by atoms with Crippen LogP contribution in [0, 0.1) is 13.8 Å². The molecule has 4 nitrogen and oxygen atoms in total. The Morgan fingerprint density at radius 1 is 1.31 bits per heavy atom. The maximum absolute atomic E-state index is 8.58. The van der Waals surface area contributed by atoms with Crippen molar-refractivity contribution in [3.05, 3.63) is 29.3 Å². The number of aliphatic hydroxyl groups is 1. The second kappa shape index (κ2) is 7.45. The number of aliphatic hydroxyl groups excluding tert-OH is 1. The summed E-state index contributed by atoms with van der Waals surface area (Å²) in [6, 6.07) is 6.08. The molecule has 16 heavy (non-hydrogen) atoms. The van der Waals surface area contributed by atoms with Crippen LogP contribution in [0.1, 0.15) is 11.1 Å². The summed E-state index contributed by atoms with van der Waals surface area (Å²) in [5, 5.41) is 11.6. The van der Waals surface area contributed by atoms with Crippen molar-refractivity contribution in [2.75, 3.05) is 18.5 Å². The van der Waals surface area contributed by atoms with Crippen LogP contribution in [0.15, 0.2) is 23.2 Å². The molecule has 0 atom stereocenters. The molecule has 1 rings (SSSR count). The zero-order valence-corrected chi connectivity index (χ0v) is 11.9. The van der Waals surface area contributed by atoms with Crippen LogP contribution in [-0.2, 0) is 0 Å². The SMILES string of the molecule is Cc1cc(C)cc(NC(N)=NCCO)c1.I. The average Bonchev–Trinajstić information content (AvgIpc) is 2.13. The Hall–Kier alpha value is -0.820. The van der Waals surface area contributed by atoms with Crippen LogP contribution >= 0.6 is 24.0 Å². The molecule has 5 heteroatoms. The van der Waals surface area contributed by atoms with Crippen molar-refractivity contribution in [1.29, 1.82) is 0 Å². The van der Waals surface area contributed by atoms with Crippen LogP contribution in [0.2, 0.25) is 0 Å². The fourth-order valence-corrected chi connectivity index (χ4v) is 1.40. The smallest absolute Gasteiger partial charge is 0.193 e. The molecule has 1 aromatic rings. The van der Waals surface area contributed by atoms with E-state index in [9.17, 15) is 0 Å². The van der Waals surface area contributed by atoms with E-state index in [2.05, 4.69) is 16.4 Å². The summed E-state index contributed by atoms with van der Waals surface area (Å²) in [6.45, 7) is 4.39. The van der Waals surface area contributed by atoms with E-state index in [-0.39, 0.29) is 30.6 Å². The van der Waals surface area contributed by atoms with Gasteiger partial charge < -0.3 is 16.2 Å². The molecule has 0 unspecified atom stereocenters. The van der Waals surface area contributed by atoms with Gasteiger partial charge in [0.25, 0.3) is 0 Å². The minimum absolute atomic E-state index is 0. The lowest BCUT2D eigenvalue weighted by atomic mass is 10.1. The minimum atomic E-state index is 0. The van der Waals surface area contributed by atoms with Crippen LogP contribution < -0.4 is 11.1 Å². The van der Waals surface area contributed by atoms with Crippen LogP contribution in [0.25, 0.3) is 0 Å². The van der Waals surface area contributed by atoms with Gasteiger partial charge in [-0.15, -0.1) is 24.0 Å². The monoisotopic (exact) mass is 335 g/mol. The number of rotatable bonds is 3. The van der Waals surface area contributed by atoms with Crippen molar-refractivity contribution in [1.82, 2.24) is 0 Å². The van der Waals surface area contributed by atoms with Gasteiger partial charge in [0.1, 0.15) is 0 Å². The van der Waals surface area contributed by atoms with E-state index in [1.807, 2.05) is 26.0 Å². The molecule has 0 heterocycles. The zero-order valence-electron chi connectivity index (χ0n) is 9.53. The van der Waals surface area contributed by atoms with E-state index < -0.39 is 0 Å². The minimum Gasteiger partial charge on any atom is -0.394 e. The summed E-state index contributed by atoms with van der Waals surface area (Å²) in [5.41, 5.74) is 8.89. The van der Waals surface area contributed by atoms with Gasteiger partial charge in [-0.25, -0.2) is 0 Å². The molecule has 90 valence electrons. The highest BCUT2D eigenvalue weighted by molar-refractivity contribution is 14.0. The highest BCUT2D eigenvalue weighted by Crippen LogP contribution is 2.13. The lowest BCUT2D eigenvalue weighted by molar-refractivity contribution is 0.307. The topological polar surface area (TPSA) is 70.6 Å². The summed E-state index contributed by atoms with van der Waals surface area (Å²) in [5.74, 6) is 0.328. The van der Waals surface area contributed by atoms with Gasteiger partial charge in [0.15, 0.2) is 5.96 Å². The number of hydrogen-bond donors (Lipinski definition) is 3. The number of hydrogen-bond acceptors (Lipinski definition) is 2. The third kappa shape index (κ3) is 5.32. The van der Waals surface area contributed by atoms with E-state index >= 15 is 0 Å². The molecule has 0 fully saturated rings. The van der Waals surface area contributed by atoms with Crippen LogP contribution in [0.4, 0.5) is 5.69 Å². The average molecular weight is 335 g/mol. The fraction of sp³-hybridized carbons (Fsp3) is 0.364. The molecule has 0 bridgehead atoms. The summed E-state index contributed by atoms with van der Waals surface area (Å²) in [4.78, 5) is 3.93. The van der Waals surface area contributed by atoms with Gasteiger partial charge >= 0.3 is 0 Å². The molecule has 0 aliphatic heterocycles. The molecule has 4 N–H and O–H groups in total. The molecule has 0 saturated carbocycles. The molecular weight excluding hydrogens is 317 g/mol. The van der Waals surface area contributed by atoms with E-state index in [0.29, 0.717) is 12.5 Å². The quantitative estimate of drug-likeness (QED) is 0.447. The fourth-order valence-electron chi connectivity index (χ4n) is 1.40. The number of nitrogens with zero attached hydrogens (tertiary/aromatic N) is 1. The summed E-state index contributed by atoms with van der Waals surface area (Å²) in [7, 11) is 0. The Labute approximate surface area is 113 Å². The van der Waals surface area contributed by atoms with E-state index in [1.54, 1.807) is 0 Å². The van der Waals surface area contributed by atoms with Crippen LogP contribution in [0.3, 0.4) is 0 Å². The number of anilines is 1. The Morgan fingerprint density at radius 3 is 2.38 bits per heavy atom. The van der Waals surface area contributed by atoms with E-state index in [4.69, 9.17) is 10.8 Å². The molecule has 0 aromatic heterocycles. The lowest BCUT2D eigenvalue weighted by Crippen LogP contribution is -2.23. The summed E-state index contributed by atoms with van der Waals surface area (Å²) >= 11 is 0. The number of guanidine groups is 1. The van der Waals surface area contributed by atoms with Crippen molar-refractivity contribution in [3.63, 3.8) is 0 Å². The standard InChI is InChI=1S/C11H17N3O.HI/c1-8-5-9(2)7-10(6-8)14-11(12)13-3-4-15;/h5-7,15H,3-4H2,1-2H3,(H3,12,13,14);1H. The lowest BCUT2D eigenvalue weighted by Gasteiger charge is -2.07. The molecule has 0 aliphatic rings. The van der Waals surface area contributed by atoms with E-state index in [1.165, 1.54) is 11.1 Å². The van der Waals surface area contributed by atoms with Gasteiger partial charge in [-0.2, -0.15) is 0 Å². The third-order valence-corrected chi connectivity index (χ3v) is 1.88. The van der Waals surface area contributed by atoms with Gasteiger partial charge in [-0.3, -0.25) is 4.99 Å². The number of halogens is 1. The predicted molar refractivity (Wildman–Crippen MR) is 78.5 cm³/mol. The summed E-state index contributed by atoms with van der Waals surface area (Å²) in [6.07, 6.45) is 0. The molecular formula is C11H18IN3O. The Bertz CT molecular complexity index is 346. The first kappa shape index (κ1) is 15.2. The van der Waals surface area contributed by atoms with Gasteiger partial charge in [0.05, 0.1) is 13.2 Å². The second-order valence-corrected chi connectivity index (χ2v) is 3.49. The van der Waals surface area contributed by atoms with E-state index in [0.717, 1.165) is 5.69 Å². The second-order valence-electron chi connectivity index (χ2n) is 3.49. The molecule has 0 radical (unpaired) electrons. The number of benzene rings is 1. The molecule has 0 spiro atoms. The first-order chi connectivity index (χ1) is 7.11. The van der Waals surface area contributed by atoms with Gasteiger partial charge in [-0.1, -0.05) is 6.07 Å². The highest BCUT2D eigenvalue weighted by atomic mass is 127. The zero-order chi connectivity index (χ0) is 11.3. The number of aliphatic imine (C=N–C) groups is 1. The first-order valence-corrected chi connectivity index (χ1v) is 4.88. The number of aryl methyl sites for hydroxylation is 2. The Morgan fingerprint density at radius 2 is 1.88 bits per heavy atom. The maximum Gasteiger partial charge on any atom is 0.193 e. The molecule has 0 aliphatic carbocycles. The van der Waals surface area contributed by atoms with Gasteiger partial charge in [-0.05, 0) is 37.1 Å². The third-order valence-electron chi connectivity index (χ3n) is 1.88. The van der Waals surface area contributed by atoms with Crippen LogP contribution in [0.5, 0.6) is 0 Å². The Balaban J connectivity index is 0.00000225. The molecule has 0 saturated heterocycles. The van der Waals surface area contributed by atoms with Crippen molar-refractivity contribution in [2.45, 2.75) is 13.8 Å². The first-order valence-electron chi connectivity index (χ1n) is 4.88. The van der Waals surface area contributed by atoms with Gasteiger partial charge in [0, 0.05) is 5.69 Å². The number of nitrogens with one attached hydrogen (secondary N) is 1. The number of nitrogens with two attached hydrogens (primary N) is 1. The van der Waals surface area contributed by atoms with Crippen molar-refractivity contribution >= 4 is 35.6 Å². The summed E-state index contributed by atoms with van der Waals surface area (Å²) < 4.78 is 0. The Kier molecular flexibility index (Phi) is 7.07. The predicted octanol–water partition coefficient (Wildman–Crippen LogP) is 1.64. The normalized spacial score (nSPS) is 10.8.